The molecule has 2 aromatic rings. The minimum absolute atomic E-state index is 0.171. The second-order valence-electron chi connectivity index (χ2n) is 4.80. The summed E-state index contributed by atoms with van der Waals surface area (Å²) in [6.07, 6.45) is 0.579. The third-order valence-electron chi connectivity index (χ3n) is 3.12. The number of methoxy groups -OCH3 is 1. The maximum absolute atomic E-state index is 13.0. The molecule has 0 saturated carbocycles. The fourth-order valence-electron chi connectivity index (χ4n) is 2.04. The van der Waals surface area contributed by atoms with Gasteiger partial charge in [-0.3, -0.25) is 4.79 Å². The van der Waals surface area contributed by atoms with E-state index in [0.29, 0.717) is 23.7 Å². The van der Waals surface area contributed by atoms with Crippen LogP contribution in [0, 0.1) is 5.82 Å². The van der Waals surface area contributed by atoms with Crippen molar-refractivity contribution in [2.75, 3.05) is 20.3 Å². The van der Waals surface area contributed by atoms with Gasteiger partial charge in [0.15, 0.2) is 6.61 Å². The van der Waals surface area contributed by atoms with Crippen molar-refractivity contribution in [1.29, 1.82) is 0 Å². The lowest BCUT2D eigenvalue weighted by atomic mass is 10.1. The maximum Gasteiger partial charge on any atom is 0.257 e. The van der Waals surface area contributed by atoms with Gasteiger partial charge < -0.3 is 14.8 Å². The summed E-state index contributed by atoms with van der Waals surface area (Å²) in [5.74, 6) is 0.350. The van der Waals surface area contributed by atoms with Crippen molar-refractivity contribution >= 4 is 17.5 Å². The summed E-state index contributed by atoms with van der Waals surface area (Å²) in [6, 6.07) is 11.0. The number of nitrogens with one attached hydrogen (secondary N) is 1. The molecule has 0 aliphatic carbocycles. The first-order valence-electron chi connectivity index (χ1n) is 7.06. The van der Waals surface area contributed by atoms with Gasteiger partial charge in [0.1, 0.15) is 17.3 Å². The first-order chi connectivity index (χ1) is 11.1. The molecule has 0 aromatic heterocycles. The van der Waals surface area contributed by atoms with E-state index in [0.717, 1.165) is 11.3 Å². The van der Waals surface area contributed by atoms with Crippen molar-refractivity contribution in [3.05, 3.63) is 58.9 Å². The molecule has 2 rings (SSSR count). The van der Waals surface area contributed by atoms with Gasteiger partial charge in [-0.2, -0.15) is 0 Å². The quantitative estimate of drug-likeness (QED) is 0.844. The largest absolute Gasteiger partial charge is 0.496 e. The average Bonchev–Trinajstić information content (AvgIpc) is 2.53. The minimum atomic E-state index is -0.407. The summed E-state index contributed by atoms with van der Waals surface area (Å²) in [7, 11) is 1.58. The highest BCUT2D eigenvalue weighted by atomic mass is 35.5. The van der Waals surface area contributed by atoms with Crippen LogP contribution in [0.3, 0.4) is 0 Å². The van der Waals surface area contributed by atoms with E-state index in [4.69, 9.17) is 21.1 Å². The van der Waals surface area contributed by atoms with Crippen molar-refractivity contribution < 1.29 is 18.7 Å². The molecule has 1 N–H and O–H groups in total. The van der Waals surface area contributed by atoms with Crippen LogP contribution in [0.25, 0.3) is 0 Å². The molecule has 6 heteroatoms. The summed E-state index contributed by atoms with van der Waals surface area (Å²) in [5, 5.41) is 3.34. The third-order valence-corrected chi connectivity index (χ3v) is 3.36. The topological polar surface area (TPSA) is 47.6 Å². The highest BCUT2D eigenvalue weighted by molar-refractivity contribution is 6.30. The smallest absolute Gasteiger partial charge is 0.257 e. The molecule has 2 aromatic carbocycles. The molecular formula is C17H17ClFNO3. The number of hydrogen-bond donors (Lipinski definition) is 1. The molecule has 122 valence electrons. The fourth-order valence-corrected chi connectivity index (χ4v) is 2.23. The number of carbonyl (C=O) groups is 1. The number of halogens is 2. The zero-order valence-corrected chi connectivity index (χ0v) is 13.4. The Morgan fingerprint density at radius 3 is 2.83 bits per heavy atom. The number of amides is 1. The van der Waals surface area contributed by atoms with Gasteiger partial charge >= 0.3 is 0 Å². The molecule has 1 amide bonds. The first kappa shape index (κ1) is 17.1. The summed E-state index contributed by atoms with van der Waals surface area (Å²) >= 11 is 5.95. The van der Waals surface area contributed by atoms with Gasteiger partial charge in [0.25, 0.3) is 5.91 Å². The predicted molar refractivity (Wildman–Crippen MR) is 86.6 cm³/mol. The van der Waals surface area contributed by atoms with Crippen molar-refractivity contribution in [2.24, 2.45) is 0 Å². The lowest BCUT2D eigenvalue weighted by Crippen LogP contribution is -2.30. The fraction of sp³-hybridized carbons (Fsp3) is 0.235. The Balaban J connectivity index is 1.78. The summed E-state index contributed by atoms with van der Waals surface area (Å²) < 4.78 is 23.4. The summed E-state index contributed by atoms with van der Waals surface area (Å²) in [5.41, 5.74) is 0.909. The lowest BCUT2D eigenvalue weighted by Gasteiger charge is -2.10. The monoisotopic (exact) mass is 337 g/mol. The molecule has 0 saturated heterocycles. The second-order valence-corrected chi connectivity index (χ2v) is 5.24. The molecule has 0 spiro atoms. The van der Waals surface area contributed by atoms with Crippen molar-refractivity contribution in [3.63, 3.8) is 0 Å². The van der Waals surface area contributed by atoms with Crippen LogP contribution in [-0.4, -0.2) is 26.2 Å². The van der Waals surface area contributed by atoms with Crippen molar-refractivity contribution in [3.8, 4) is 11.5 Å². The van der Waals surface area contributed by atoms with Crippen molar-refractivity contribution in [1.82, 2.24) is 5.32 Å². The number of hydrogen-bond acceptors (Lipinski definition) is 3. The lowest BCUT2D eigenvalue weighted by molar-refractivity contribution is -0.123. The number of carbonyl (C=O) groups excluding carboxylic acids is 1. The zero-order valence-electron chi connectivity index (χ0n) is 12.6. The van der Waals surface area contributed by atoms with E-state index < -0.39 is 5.82 Å². The molecule has 0 bridgehead atoms. The summed E-state index contributed by atoms with van der Waals surface area (Å²) in [4.78, 5) is 11.7. The van der Waals surface area contributed by atoms with E-state index in [-0.39, 0.29) is 12.5 Å². The Bertz CT molecular complexity index is 679. The molecule has 0 fully saturated rings. The van der Waals surface area contributed by atoms with Crippen LogP contribution in [-0.2, 0) is 11.2 Å². The van der Waals surface area contributed by atoms with Gasteiger partial charge in [0.05, 0.1) is 7.11 Å². The molecule has 23 heavy (non-hydrogen) atoms. The van der Waals surface area contributed by atoms with E-state index in [1.807, 2.05) is 0 Å². The van der Waals surface area contributed by atoms with Crippen LogP contribution < -0.4 is 14.8 Å². The maximum atomic E-state index is 13.0. The molecule has 4 nitrogen and oxygen atoms in total. The number of ether oxygens (including phenoxy) is 2. The van der Waals surface area contributed by atoms with E-state index in [1.165, 1.54) is 18.2 Å². The molecule has 0 aliphatic heterocycles. The standard InChI is InChI=1S/C17H17ClFNO3/c1-22-16-6-5-13(18)9-12(16)7-8-20-17(21)11-23-15-4-2-3-14(19)10-15/h2-6,9-10H,7-8,11H2,1H3,(H,20,21). The van der Waals surface area contributed by atoms with Crippen LogP contribution in [0.15, 0.2) is 42.5 Å². The van der Waals surface area contributed by atoms with Gasteiger partial charge in [-0.25, -0.2) is 4.39 Å². The molecule has 0 heterocycles. The van der Waals surface area contributed by atoms with Crippen molar-refractivity contribution in [2.45, 2.75) is 6.42 Å². The zero-order chi connectivity index (χ0) is 16.7. The van der Waals surface area contributed by atoms with Gasteiger partial charge in [-0.1, -0.05) is 17.7 Å². The molecule has 0 radical (unpaired) electrons. The SMILES string of the molecule is COc1ccc(Cl)cc1CCNC(=O)COc1cccc(F)c1. The third kappa shape index (κ3) is 5.45. The number of benzene rings is 2. The predicted octanol–water partition coefficient (Wildman–Crippen LogP) is 3.23. The molecule has 0 unspecified atom stereocenters. The normalized spacial score (nSPS) is 10.2. The van der Waals surface area contributed by atoms with Crippen LogP contribution in [0.1, 0.15) is 5.56 Å². The van der Waals surface area contributed by atoms with Crippen LogP contribution in [0.5, 0.6) is 11.5 Å². The Labute approximate surface area is 139 Å². The highest BCUT2D eigenvalue weighted by Gasteiger charge is 2.06. The van der Waals surface area contributed by atoms with E-state index in [9.17, 15) is 9.18 Å². The molecule has 0 atom stereocenters. The highest BCUT2D eigenvalue weighted by Crippen LogP contribution is 2.22. The Morgan fingerprint density at radius 2 is 2.09 bits per heavy atom. The van der Waals surface area contributed by atoms with Gasteiger partial charge in [0.2, 0.25) is 0 Å². The second kappa shape index (κ2) is 8.39. The Morgan fingerprint density at radius 1 is 1.26 bits per heavy atom. The molecule has 0 aliphatic rings. The number of rotatable bonds is 7. The van der Waals surface area contributed by atoms with E-state index in [1.54, 1.807) is 31.4 Å². The van der Waals surface area contributed by atoms with E-state index in [2.05, 4.69) is 5.32 Å². The van der Waals surface area contributed by atoms with Gasteiger partial charge in [0, 0.05) is 17.6 Å². The van der Waals surface area contributed by atoms with Gasteiger partial charge in [-0.05, 0) is 42.3 Å². The minimum Gasteiger partial charge on any atom is -0.496 e. The van der Waals surface area contributed by atoms with Crippen LogP contribution in [0.4, 0.5) is 4.39 Å². The van der Waals surface area contributed by atoms with Gasteiger partial charge in [-0.15, -0.1) is 0 Å². The summed E-state index contributed by atoms with van der Waals surface area (Å²) in [6.45, 7) is 0.248. The molecular weight excluding hydrogens is 321 g/mol. The first-order valence-corrected chi connectivity index (χ1v) is 7.44. The van der Waals surface area contributed by atoms with Crippen LogP contribution >= 0.6 is 11.6 Å². The Hall–Kier alpha value is -2.27. The van der Waals surface area contributed by atoms with Crippen LogP contribution in [0.2, 0.25) is 5.02 Å². The average molecular weight is 338 g/mol. The Kier molecular flexibility index (Phi) is 6.23. The van der Waals surface area contributed by atoms with E-state index >= 15 is 0 Å².